The summed E-state index contributed by atoms with van der Waals surface area (Å²) in [4.78, 5) is 54.2. The van der Waals surface area contributed by atoms with E-state index >= 15 is 0 Å². The Kier molecular flexibility index (Phi) is 9.46. The molecule has 4 aromatic rings. The minimum atomic E-state index is -0.795. The van der Waals surface area contributed by atoms with Crippen LogP contribution < -0.4 is 15.5 Å². The SMILES string of the molecule is CN1CCN(CC(=O)N(C)c2ccc(N=C(c3cccc(CNC(=O)c4ccccn4)c3)C3C(=O)Nc4cc(F)ccc43)cc2)CC1. The summed E-state index contributed by atoms with van der Waals surface area (Å²) in [6, 6.07) is 24.1. The first kappa shape index (κ1) is 31.7. The quantitative estimate of drug-likeness (QED) is 0.267. The Bertz CT molecular complexity index is 1810. The number of nitrogens with zero attached hydrogens (tertiary/aromatic N) is 5. The molecule has 3 aromatic carbocycles. The summed E-state index contributed by atoms with van der Waals surface area (Å²) in [6.07, 6.45) is 1.56. The van der Waals surface area contributed by atoms with Gasteiger partial charge in [-0.15, -0.1) is 0 Å². The number of anilines is 2. The Morgan fingerprint density at radius 3 is 2.53 bits per heavy atom. The number of benzene rings is 3. The van der Waals surface area contributed by atoms with Gasteiger partial charge in [0.15, 0.2) is 0 Å². The molecule has 11 heteroatoms. The van der Waals surface area contributed by atoms with E-state index in [0.717, 1.165) is 37.4 Å². The molecule has 3 heterocycles. The van der Waals surface area contributed by atoms with Crippen LogP contribution in [0.4, 0.5) is 21.5 Å². The second-order valence-electron chi connectivity index (χ2n) is 11.8. The van der Waals surface area contributed by atoms with Crippen LogP contribution in [-0.2, 0) is 16.1 Å². The smallest absolute Gasteiger partial charge is 0.270 e. The summed E-state index contributed by atoms with van der Waals surface area (Å²) in [5.74, 6) is -1.86. The largest absolute Gasteiger partial charge is 0.347 e. The third-order valence-electron chi connectivity index (χ3n) is 8.51. The standard InChI is InChI=1S/C36H36FN7O3/c1-42-16-18-44(19-17-42)23-32(45)43(2)28-12-10-27(11-13-28)40-34(33-29-14-9-26(37)21-31(29)41-36(33)47)25-7-5-6-24(20-25)22-39-35(46)30-8-3-4-15-38-30/h3-15,20-21,33H,16-19,22-23H2,1-2H3,(H,39,46)(H,41,47). The minimum Gasteiger partial charge on any atom is -0.347 e. The van der Waals surface area contributed by atoms with Gasteiger partial charge in [-0.05, 0) is 78.3 Å². The first-order valence-corrected chi connectivity index (χ1v) is 15.5. The molecule has 0 spiro atoms. The number of rotatable bonds is 9. The van der Waals surface area contributed by atoms with E-state index in [2.05, 4.69) is 32.5 Å². The molecule has 1 unspecified atom stereocenters. The number of fused-ring (bicyclic) bond motifs is 1. The van der Waals surface area contributed by atoms with Gasteiger partial charge in [-0.1, -0.05) is 30.3 Å². The van der Waals surface area contributed by atoms with Gasteiger partial charge in [0.2, 0.25) is 11.8 Å². The third-order valence-corrected chi connectivity index (χ3v) is 8.51. The molecule has 3 amide bonds. The zero-order chi connectivity index (χ0) is 32.9. The van der Waals surface area contributed by atoms with Crippen LogP contribution in [0.25, 0.3) is 0 Å². The van der Waals surface area contributed by atoms with Gasteiger partial charge in [-0.25, -0.2) is 4.39 Å². The number of halogens is 1. The van der Waals surface area contributed by atoms with Crippen molar-refractivity contribution in [2.24, 2.45) is 4.99 Å². The summed E-state index contributed by atoms with van der Waals surface area (Å²) >= 11 is 0. The van der Waals surface area contributed by atoms with Crippen molar-refractivity contribution < 1.29 is 18.8 Å². The molecule has 1 saturated heterocycles. The Morgan fingerprint density at radius 1 is 1.00 bits per heavy atom. The molecule has 1 atom stereocenters. The van der Waals surface area contributed by atoms with E-state index in [9.17, 15) is 18.8 Å². The number of aliphatic imine (C=N–C) groups is 1. The molecule has 2 aliphatic rings. The van der Waals surface area contributed by atoms with Crippen LogP contribution in [0.5, 0.6) is 0 Å². The van der Waals surface area contributed by atoms with E-state index in [-0.39, 0.29) is 24.3 Å². The van der Waals surface area contributed by atoms with Crippen LogP contribution in [0, 0.1) is 5.82 Å². The topological polar surface area (TPSA) is 110 Å². The molecule has 0 bridgehead atoms. The van der Waals surface area contributed by atoms with E-state index in [1.807, 2.05) is 48.5 Å². The van der Waals surface area contributed by atoms with E-state index in [0.29, 0.717) is 40.5 Å². The van der Waals surface area contributed by atoms with E-state index in [4.69, 9.17) is 4.99 Å². The number of amides is 3. The molecule has 1 aromatic heterocycles. The summed E-state index contributed by atoms with van der Waals surface area (Å²) in [5.41, 5.74) is 4.60. The first-order valence-electron chi connectivity index (χ1n) is 15.5. The molecule has 47 heavy (non-hydrogen) atoms. The fraction of sp³-hybridized carbons (Fsp3) is 0.250. The highest BCUT2D eigenvalue weighted by Crippen LogP contribution is 2.37. The number of aromatic nitrogens is 1. The van der Waals surface area contributed by atoms with E-state index in [1.54, 1.807) is 42.4 Å². The number of carbonyl (C=O) groups is 3. The van der Waals surface area contributed by atoms with E-state index in [1.165, 1.54) is 12.1 Å². The van der Waals surface area contributed by atoms with Gasteiger partial charge in [0.05, 0.1) is 17.9 Å². The molecule has 2 N–H and O–H groups in total. The highest BCUT2D eigenvalue weighted by molar-refractivity contribution is 6.24. The highest BCUT2D eigenvalue weighted by Gasteiger charge is 2.36. The molecule has 2 aliphatic heterocycles. The Hall–Kier alpha value is -5.26. The van der Waals surface area contributed by atoms with Crippen molar-refractivity contribution in [1.82, 2.24) is 20.1 Å². The molecular formula is C36H36FN7O3. The predicted molar refractivity (Wildman–Crippen MR) is 180 cm³/mol. The van der Waals surface area contributed by atoms with Crippen molar-refractivity contribution in [2.75, 3.05) is 57.0 Å². The van der Waals surface area contributed by atoms with Crippen molar-refractivity contribution in [2.45, 2.75) is 12.5 Å². The van der Waals surface area contributed by atoms with Gasteiger partial charge >= 0.3 is 0 Å². The summed E-state index contributed by atoms with van der Waals surface area (Å²) in [6.45, 7) is 4.17. The zero-order valence-electron chi connectivity index (χ0n) is 26.3. The van der Waals surface area contributed by atoms with Crippen LogP contribution in [0.1, 0.15) is 33.1 Å². The third kappa shape index (κ3) is 7.43. The van der Waals surface area contributed by atoms with Crippen molar-refractivity contribution >= 4 is 40.5 Å². The zero-order valence-corrected chi connectivity index (χ0v) is 26.3. The normalized spacial score (nSPS) is 16.8. The van der Waals surface area contributed by atoms with Gasteiger partial charge in [-0.2, -0.15) is 0 Å². The number of hydrogen-bond donors (Lipinski definition) is 2. The van der Waals surface area contributed by atoms with Crippen molar-refractivity contribution in [3.05, 3.63) is 119 Å². The van der Waals surface area contributed by atoms with Crippen LogP contribution in [0.15, 0.2) is 96.1 Å². The van der Waals surface area contributed by atoms with Crippen LogP contribution >= 0.6 is 0 Å². The first-order chi connectivity index (χ1) is 22.7. The summed E-state index contributed by atoms with van der Waals surface area (Å²) in [5, 5.41) is 5.68. The van der Waals surface area contributed by atoms with E-state index < -0.39 is 11.7 Å². The lowest BCUT2D eigenvalue weighted by Crippen LogP contribution is -2.48. The maximum Gasteiger partial charge on any atom is 0.270 e. The summed E-state index contributed by atoms with van der Waals surface area (Å²) in [7, 11) is 3.85. The van der Waals surface area contributed by atoms with Gasteiger partial charge in [0.1, 0.15) is 17.4 Å². The van der Waals surface area contributed by atoms with Gasteiger partial charge in [-0.3, -0.25) is 29.3 Å². The second kappa shape index (κ2) is 14.0. The van der Waals surface area contributed by atoms with Crippen LogP contribution in [0.3, 0.4) is 0 Å². The Morgan fingerprint density at radius 2 is 1.79 bits per heavy atom. The fourth-order valence-electron chi connectivity index (χ4n) is 5.75. The molecule has 0 aliphatic carbocycles. The van der Waals surface area contributed by atoms with Crippen LogP contribution in [-0.4, -0.2) is 85.0 Å². The lowest BCUT2D eigenvalue weighted by atomic mass is 9.90. The number of piperazine rings is 1. The molecule has 1 fully saturated rings. The van der Waals surface area contributed by atoms with Crippen molar-refractivity contribution in [3.8, 4) is 0 Å². The Labute approximate surface area is 272 Å². The monoisotopic (exact) mass is 633 g/mol. The highest BCUT2D eigenvalue weighted by atomic mass is 19.1. The van der Waals surface area contributed by atoms with Crippen molar-refractivity contribution in [1.29, 1.82) is 0 Å². The average molecular weight is 634 g/mol. The molecule has 10 nitrogen and oxygen atoms in total. The molecule has 6 rings (SSSR count). The van der Waals surface area contributed by atoms with Crippen molar-refractivity contribution in [3.63, 3.8) is 0 Å². The maximum absolute atomic E-state index is 14.1. The molecular weight excluding hydrogens is 597 g/mol. The average Bonchev–Trinajstić information content (AvgIpc) is 3.41. The van der Waals surface area contributed by atoms with Gasteiger partial charge in [0.25, 0.3) is 5.91 Å². The predicted octanol–water partition coefficient (Wildman–Crippen LogP) is 4.22. The van der Waals surface area contributed by atoms with Gasteiger partial charge in [0, 0.05) is 57.3 Å². The molecule has 0 radical (unpaired) electrons. The fourth-order valence-corrected chi connectivity index (χ4v) is 5.75. The lowest BCUT2D eigenvalue weighted by Gasteiger charge is -2.32. The van der Waals surface area contributed by atoms with Gasteiger partial charge < -0.3 is 20.4 Å². The summed E-state index contributed by atoms with van der Waals surface area (Å²) < 4.78 is 14.1. The number of likely N-dealkylation sites (N-methyl/N-ethyl adjacent to an activating group) is 2. The number of hydrogen-bond acceptors (Lipinski definition) is 7. The second-order valence-corrected chi connectivity index (χ2v) is 11.8. The molecule has 240 valence electrons. The minimum absolute atomic E-state index is 0.00455. The number of carbonyl (C=O) groups excluding carboxylic acids is 3. The maximum atomic E-state index is 14.1. The number of pyridine rings is 1. The van der Waals surface area contributed by atoms with Crippen LogP contribution in [0.2, 0.25) is 0 Å². The lowest BCUT2D eigenvalue weighted by molar-refractivity contribution is -0.120. The Balaban J connectivity index is 1.27. The number of nitrogens with one attached hydrogen (secondary N) is 2. The molecule has 0 saturated carbocycles.